The molecule has 1 aliphatic rings. The molecule has 0 unspecified atom stereocenters. The summed E-state index contributed by atoms with van der Waals surface area (Å²) in [7, 11) is -3.80. The first kappa shape index (κ1) is 20.4. The number of hydrogen-bond acceptors (Lipinski definition) is 5. The summed E-state index contributed by atoms with van der Waals surface area (Å²) in [5.74, 6) is -0.0433. The van der Waals surface area contributed by atoms with Crippen LogP contribution in [0.2, 0.25) is 0 Å². The number of nitrogens with zero attached hydrogens (tertiary/aromatic N) is 1. The van der Waals surface area contributed by atoms with E-state index in [0.717, 1.165) is 24.0 Å². The first-order valence-electron chi connectivity index (χ1n) is 9.36. The number of amides is 1. The molecule has 1 aliphatic heterocycles. The highest BCUT2D eigenvalue weighted by Crippen LogP contribution is 2.21. The van der Waals surface area contributed by atoms with Gasteiger partial charge in [0.1, 0.15) is 6.61 Å². The van der Waals surface area contributed by atoms with Crippen LogP contribution in [0.4, 0.5) is 4.79 Å². The van der Waals surface area contributed by atoms with Crippen LogP contribution in [-0.4, -0.2) is 39.1 Å². The van der Waals surface area contributed by atoms with Crippen molar-refractivity contribution in [2.24, 2.45) is 5.92 Å². The van der Waals surface area contributed by atoms with Crippen LogP contribution in [0.1, 0.15) is 24.0 Å². The number of ether oxygens (including phenoxy) is 1. The van der Waals surface area contributed by atoms with Crippen LogP contribution in [-0.2, 0) is 25.6 Å². The summed E-state index contributed by atoms with van der Waals surface area (Å²) in [6, 6.07) is 16.1. The van der Waals surface area contributed by atoms with Crippen molar-refractivity contribution in [3.05, 3.63) is 65.7 Å². The third-order valence-corrected chi connectivity index (χ3v) is 6.05. The quantitative estimate of drug-likeness (QED) is 0.687. The molecule has 150 valence electrons. The van der Waals surface area contributed by atoms with Crippen molar-refractivity contribution < 1.29 is 22.1 Å². The van der Waals surface area contributed by atoms with E-state index in [1.807, 2.05) is 37.3 Å². The van der Waals surface area contributed by atoms with E-state index in [1.54, 1.807) is 29.2 Å². The predicted molar refractivity (Wildman–Crippen MR) is 105 cm³/mol. The SMILES string of the molecule is Cc1ccc(S(=O)(=O)OC[C@H]2CCCN(C(=O)OCc3ccccc3)C2)cc1. The summed E-state index contributed by atoms with van der Waals surface area (Å²) in [6.45, 7) is 3.20. The van der Waals surface area contributed by atoms with E-state index in [1.165, 1.54) is 0 Å². The van der Waals surface area contributed by atoms with Gasteiger partial charge in [0.2, 0.25) is 0 Å². The molecular weight excluding hydrogens is 378 g/mol. The maximum atomic E-state index is 12.3. The highest BCUT2D eigenvalue weighted by atomic mass is 32.2. The molecule has 0 aromatic heterocycles. The minimum Gasteiger partial charge on any atom is -0.445 e. The average molecular weight is 404 g/mol. The molecule has 0 bridgehead atoms. The van der Waals surface area contributed by atoms with E-state index < -0.39 is 10.1 Å². The summed E-state index contributed by atoms with van der Waals surface area (Å²) < 4.78 is 35.3. The van der Waals surface area contributed by atoms with Gasteiger partial charge in [-0.2, -0.15) is 8.42 Å². The van der Waals surface area contributed by atoms with Gasteiger partial charge >= 0.3 is 6.09 Å². The molecule has 0 aliphatic carbocycles. The maximum Gasteiger partial charge on any atom is 0.410 e. The van der Waals surface area contributed by atoms with Crippen molar-refractivity contribution >= 4 is 16.2 Å². The summed E-state index contributed by atoms with van der Waals surface area (Å²) in [5.41, 5.74) is 1.91. The second-order valence-electron chi connectivity index (χ2n) is 7.05. The molecule has 2 aromatic carbocycles. The molecule has 7 heteroatoms. The zero-order valence-electron chi connectivity index (χ0n) is 15.9. The standard InChI is InChI=1S/C21H25NO5S/c1-17-9-11-20(12-10-17)28(24,25)27-16-19-8-5-13-22(14-19)21(23)26-15-18-6-3-2-4-7-18/h2-4,6-7,9-12,19H,5,8,13-16H2,1H3/t19-/m0/s1. The van der Waals surface area contributed by atoms with Gasteiger partial charge in [-0.1, -0.05) is 48.0 Å². The van der Waals surface area contributed by atoms with Gasteiger partial charge < -0.3 is 9.64 Å². The summed E-state index contributed by atoms with van der Waals surface area (Å²) >= 11 is 0. The average Bonchev–Trinajstić information content (AvgIpc) is 2.72. The normalized spacial score (nSPS) is 17.3. The number of likely N-dealkylation sites (tertiary alicyclic amines) is 1. The molecule has 1 heterocycles. The van der Waals surface area contributed by atoms with E-state index in [2.05, 4.69) is 0 Å². The van der Waals surface area contributed by atoms with Crippen molar-refractivity contribution in [1.82, 2.24) is 4.90 Å². The third-order valence-electron chi connectivity index (χ3n) is 4.75. The summed E-state index contributed by atoms with van der Waals surface area (Å²) in [4.78, 5) is 14.1. The fourth-order valence-corrected chi connectivity index (χ4v) is 4.11. The van der Waals surface area contributed by atoms with E-state index in [4.69, 9.17) is 8.92 Å². The Labute approximate surface area is 166 Å². The Hall–Kier alpha value is -2.38. The molecule has 1 saturated heterocycles. The molecule has 1 amide bonds. The zero-order chi connectivity index (χ0) is 20.0. The molecule has 0 radical (unpaired) electrons. The maximum absolute atomic E-state index is 12.3. The second kappa shape index (κ2) is 9.21. The van der Waals surface area contributed by atoms with Crippen molar-refractivity contribution in [1.29, 1.82) is 0 Å². The Kier molecular flexibility index (Phi) is 6.70. The number of hydrogen-bond donors (Lipinski definition) is 0. The van der Waals surface area contributed by atoms with E-state index in [9.17, 15) is 13.2 Å². The lowest BCUT2D eigenvalue weighted by Crippen LogP contribution is -2.41. The smallest absolute Gasteiger partial charge is 0.410 e. The van der Waals surface area contributed by atoms with Gasteiger partial charge in [0.15, 0.2) is 0 Å². The Morgan fingerprint density at radius 2 is 1.82 bits per heavy atom. The van der Waals surface area contributed by atoms with Gasteiger partial charge in [0.25, 0.3) is 10.1 Å². The van der Waals surface area contributed by atoms with Crippen molar-refractivity contribution in [3.8, 4) is 0 Å². The first-order chi connectivity index (χ1) is 13.4. The number of aryl methyl sites for hydroxylation is 1. The summed E-state index contributed by atoms with van der Waals surface area (Å²) in [5, 5.41) is 0. The fraction of sp³-hybridized carbons (Fsp3) is 0.381. The monoisotopic (exact) mass is 403 g/mol. The lowest BCUT2D eigenvalue weighted by molar-refractivity contribution is 0.0717. The first-order valence-corrected chi connectivity index (χ1v) is 10.8. The van der Waals surface area contributed by atoms with Crippen LogP contribution in [0.15, 0.2) is 59.5 Å². The van der Waals surface area contributed by atoms with Gasteiger partial charge in [-0.05, 0) is 37.5 Å². The van der Waals surface area contributed by atoms with E-state index in [0.29, 0.717) is 13.1 Å². The van der Waals surface area contributed by atoms with Crippen LogP contribution in [0.3, 0.4) is 0 Å². The fourth-order valence-electron chi connectivity index (χ4n) is 3.14. The minimum atomic E-state index is -3.80. The van der Waals surface area contributed by atoms with Gasteiger partial charge in [0.05, 0.1) is 11.5 Å². The molecule has 3 rings (SSSR count). The molecule has 2 aromatic rings. The van der Waals surface area contributed by atoms with Crippen LogP contribution >= 0.6 is 0 Å². The number of carbonyl (C=O) groups excluding carboxylic acids is 1. The molecule has 0 spiro atoms. The molecule has 0 saturated carbocycles. The van der Waals surface area contributed by atoms with Crippen molar-refractivity contribution in [2.75, 3.05) is 19.7 Å². The Bertz CT molecular complexity index is 881. The van der Waals surface area contributed by atoms with Crippen LogP contribution in [0.25, 0.3) is 0 Å². The van der Waals surface area contributed by atoms with Crippen molar-refractivity contribution in [2.45, 2.75) is 31.3 Å². The summed E-state index contributed by atoms with van der Waals surface area (Å²) in [6.07, 6.45) is 1.22. The highest BCUT2D eigenvalue weighted by molar-refractivity contribution is 7.86. The molecule has 1 atom stereocenters. The largest absolute Gasteiger partial charge is 0.445 e. The Balaban J connectivity index is 1.50. The minimum absolute atomic E-state index is 0.0433. The number of carbonyl (C=O) groups is 1. The molecule has 0 N–H and O–H groups in total. The number of rotatable bonds is 6. The van der Waals surface area contributed by atoms with Gasteiger partial charge in [-0.25, -0.2) is 4.79 Å². The second-order valence-corrected chi connectivity index (χ2v) is 8.66. The van der Waals surface area contributed by atoms with Crippen LogP contribution < -0.4 is 0 Å². The van der Waals surface area contributed by atoms with Crippen LogP contribution in [0.5, 0.6) is 0 Å². The lowest BCUT2D eigenvalue weighted by Gasteiger charge is -2.31. The van der Waals surface area contributed by atoms with Crippen LogP contribution in [0, 0.1) is 12.8 Å². The van der Waals surface area contributed by atoms with Gasteiger partial charge in [0, 0.05) is 19.0 Å². The van der Waals surface area contributed by atoms with Gasteiger partial charge in [-0.15, -0.1) is 0 Å². The van der Waals surface area contributed by atoms with Crippen molar-refractivity contribution in [3.63, 3.8) is 0 Å². The number of piperidine rings is 1. The topological polar surface area (TPSA) is 72.9 Å². The van der Waals surface area contributed by atoms with Gasteiger partial charge in [-0.3, -0.25) is 4.18 Å². The zero-order valence-corrected chi connectivity index (χ0v) is 16.7. The lowest BCUT2D eigenvalue weighted by atomic mass is 10.00. The molecule has 6 nitrogen and oxygen atoms in total. The highest BCUT2D eigenvalue weighted by Gasteiger charge is 2.27. The number of benzene rings is 2. The Morgan fingerprint density at radius 3 is 2.54 bits per heavy atom. The molecule has 28 heavy (non-hydrogen) atoms. The van der Waals surface area contributed by atoms with E-state index in [-0.39, 0.29) is 30.1 Å². The molecule has 1 fully saturated rings. The molecular formula is C21H25NO5S. The predicted octanol–water partition coefficient (Wildman–Crippen LogP) is 3.75. The third kappa shape index (κ3) is 5.56. The Morgan fingerprint density at radius 1 is 1.11 bits per heavy atom. The van der Waals surface area contributed by atoms with E-state index >= 15 is 0 Å².